The predicted octanol–water partition coefficient (Wildman–Crippen LogP) is 5.68. The van der Waals surface area contributed by atoms with E-state index in [4.69, 9.17) is 0 Å². The summed E-state index contributed by atoms with van der Waals surface area (Å²) in [6.45, 7) is 2.01. The van der Waals surface area contributed by atoms with Gasteiger partial charge in [0.25, 0.3) is 5.91 Å². The number of thiophene rings is 1. The Morgan fingerprint density at radius 2 is 1.62 bits per heavy atom. The molecular formula is C39H52ClN5O4S. The first kappa shape index (κ1) is 37.8. The third-order valence-electron chi connectivity index (χ3n) is 10.9. The molecule has 4 amide bonds. The molecule has 0 aliphatic heterocycles. The largest absolute Gasteiger partial charge is 0.352 e. The van der Waals surface area contributed by atoms with E-state index in [1.807, 2.05) is 61.5 Å². The average Bonchev–Trinajstić information content (AvgIpc) is 3.86. The van der Waals surface area contributed by atoms with Crippen molar-refractivity contribution in [3.05, 3.63) is 70.6 Å². The highest BCUT2D eigenvalue weighted by molar-refractivity contribution is 7.20. The molecule has 0 radical (unpaired) electrons. The molecule has 1 aromatic heterocycles. The summed E-state index contributed by atoms with van der Waals surface area (Å²) in [4.78, 5) is 57.8. The maximum atomic E-state index is 14.1. The highest BCUT2D eigenvalue weighted by Crippen LogP contribution is 2.33. The van der Waals surface area contributed by atoms with Crippen LogP contribution in [0.1, 0.15) is 91.4 Å². The van der Waals surface area contributed by atoms with Gasteiger partial charge in [-0.2, -0.15) is 0 Å². The van der Waals surface area contributed by atoms with Crippen LogP contribution in [-0.4, -0.2) is 72.3 Å². The van der Waals surface area contributed by atoms with Gasteiger partial charge in [0.2, 0.25) is 17.7 Å². The molecule has 6 rings (SSSR count). The Kier molecular flexibility index (Phi) is 12.6. The molecule has 270 valence electrons. The van der Waals surface area contributed by atoms with Crippen LogP contribution in [0.4, 0.5) is 0 Å². The lowest BCUT2D eigenvalue weighted by molar-refractivity contribution is -0.132. The van der Waals surface area contributed by atoms with Gasteiger partial charge in [0.15, 0.2) is 0 Å². The van der Waals surface area contributed by atoms with Crippen molar-refractivity contribution in [1.29, 1.82) is 0 Å². The van der Waals surface area contributed by atoms with E-state index < -0.39 is 11.6 Å². The van der Waals surface area contributed by atoms with Gasteiger partial charge in [0.05, 0.1) is 4.88 Å². The fourth-order valence-corrected chi connectivity index (χ4v) is 9.03. The number of aryl methyl sites for hydroxylation is 1. The topological polar surface area (TPSA) is 120 Å². The number of fused-ring (bicyclic) bond motifs is 1. The van der Waals surface area contributed by atoms with Gasteiger partial charge < -0.3 is 26.2 Å². The highest BCUT2D eigenvalue weighted by Gasteiger charge is 2.44. The number of halogens is 1. The van der Waals surface area contributed by atoms with Crippen LogP contribution >= 0.6 is 23.7 Å². The Bertz CT molecular complexity index is 1620. The van der Waals surface area contributed by atoms with Crippen molar-refractivity contribution < 1.29 is 19.2 Å². The smallest absolute Gasteiger partial charge is 0.262 e. The first-order chi connectivity index (χ1) is 23.6. The molecule has 0 saturated heterocycles. The fourth-order valence-electron chi connectivity index (χ4n) is 8.08. The van der Waals surface area contributed by atoms with Gasteiger partial charge in [0.1, 0.15) is 11.6 Å². The Morgan fingerprint density at radius 3 is 2.34 bits per heavy atom. The standard InChI is InChI=1S/C39H51N5O4S.ClH/c1-25-14-16-26(17-15-25)22-31(36(46)40-29-19-18-28(23-29)35(45)41-30-11-5-6-12-32(30)44(2)3)42-38(48)39(20-8-9-21-39)43-37(47)34-24-27-10-4-7-13-33(27)49-34;/h4,7,10,13-17,24,28-32H,5-6,8-9,11-12,18-23H2,1-3H3,(H,40,46)(H,41,45)(H,42,48)(H,43,47);1H/t28-,29+,30+,31-,32+;/m1./s1. The molecule has 9 nitrogen and oxygen atoms in total. The van der Waals surface area contributed by atoms with Gasteiger partial charge in [-0.3, -0.25) is 19.2 Å². The normalized spacial score (nSPS) is 23.5. The average molecular weight is 722 g/mol. The lowest BCUT2D eigenvalue weighted by Gasteiger charge is -2.37. The van der Waals surface area contributed by atoms with Gasteiger partial charge in [-0.1, -0.05) is 73.7 Å². The number of hydrogen-bond acceptors (Lipinski definition) is 6. The summed E-state index contributed by atoms with van der Waals surface area (Å²) in [5, 5.41) is 13.7. The van der Waals surface area contributed by atoms with Crippen molar-refractivity contribution in [2.45, 2.75) is 114 Å². The number of carbonyl (C=O) groups is 4. The molecular weight excluding hydrogens is 670 g/mol. The SMILES string of the molecule is Cc1ccc(C[C@@H](NC(=O)C2(NC(=O)c3cc4ccccc4s3)CCCC2)C(=O)N[C@H]2CC[C@@H](C(=O)N[C@H]3CCCC[C@@H]3N(C)C)C2)cc1.Cl. The third kappa shape index (κ3) is 8.87. The lowest BCUT2D eigenvalue weighted by atomic mass is 9.89. The summed E-state index contributed by atoms with van der Waals surface area (Å²) in [7, 11) is 4.16. The van der Waals surface area contributed by atoms with Gasteiger partial charge in [-0.05, 0) is 89.0 Å². The summed E-state index contributed by atoms with van der Waals surface area (Å²) in [6, 6.07) is 17.2. The Balaban J connectivity index is 0.00000486. The number of nitrogens with one attached hydrogen (secondary N) is 4. The van der Waals surface area contributed by atoms with E-state index in [-0.39, 0.29) is 54.0 Å². The zero-order valence-corrected chi connectivity index (χ0v) is 31.1. The fraction of sp³-hybridized carbons (Fsp3) is 0.538. The molecule has 3 aliphatic rings. The minimum atomic E-state index is -1.08. The number of nitrogens with zero attached hydrogens (tertiary/aromatic N) is 1. The zero-order valence-electron chi connectivity index (χ0n) is 29.5. The number of hydrogen-bond donors (Lipinski definition) is 4. The summed E-state index contributed by atoms with van der Waals surface area (Å²) in [6.07, 6.45) is 9.40. The number of benzene rings is 2. The summed E-state index contributed by atoms with van der Waals surface area (Å²) in [5.41, 5.74) is 0.967. The van der Waals surface area contributed by atoms with Gasteiger partial charge in [0, 0.05) is 35.2 Å². The van der Waals surface area contributed by atoms with Crippen molar-refractivity contribution >= 4 is 57.5 Å². The summed E-state index contributed by atoms with van der Waals surface area (Å²) >= 11 is 1.41. The van der Waals surface area contributed by atoms with E-state index in [1.54, 1.807) is 0 Å². The second kappa shape index (κ2) is 16.7. The zero-order chi connectivity index (χ0) is 34.5. The quantitative estimate of drug-likeness (QED) is 0.203. The van der Waals surface area contributed by atoms with Crippen molar-refractivity contribution in [3.63, 3.8) is 0 Å². The van der Waals surface area contributed by atoms with Gasteiger partial charge >= 0.3 is 0 Å². The van der Waals surface area contributed by atoms with Crippen LogP contribution in [-0.2, 0) is 20.8 Å². The summed E-state index contributed by atoms with van der Waals surface area (Å²) < 4.78 is 1.02. The lowest BCUT2D eigenvalue weighted by Crippen LogP contribution is -2.61. The van der Waals surface area contributed by atoms with Crippen LogP contribution in [0.2, 0.25) is 0 Å². The van der Waals surface area contributed by atoms with E-state index in [2.05, 4.69) is 40.3 Å². The second-order valence-corrected chi connectivity index (χ2v) is 15.8. The van der Waals surface area contributed by atoms with Crippen LogP contribution in [0, 0.1) is 12.8 Å². The van der Waals surface area contributed by atoms with Crippen LogP contribution in [0.25, 0.3) is 10.1 Å². The minimum absolute atomic E-state index is 0. The predicted molar refractivity (Wildman–Crippen MR) is 202 cm³/mol. The van der Waals surface area contributed by atoms with Gasteiger partial charge in [-0.25, -0.2) is 0 Å². The highest BCUT2D eigenvalue weighted by atomic mass is 35.5. The van der Waals surface area contributed by atoms with E-state index in [9.17, 15) is 19.2 Å². The van der Waals surface area contributed by atoms with Crippen molar-refractivity contribution in [3.8, 4) is 0 Å². The molecule has 3 fully saturated rings. The first-order valence-corrected chi connectivity index (χ1v) is 18.9. The molecule has 3 aliphatic carbocycles. The maximum Gasteiger partial charge on any atom is 0.262 e. The molecule has 4 N–H and O–H groups in total. The van der Waals surface area contributed by atoms with Crippen molar-refractivity contribution in [2.24, 2.45) is 5.92 Å². The van der Waals surface area contributed by atoms with E-state index in [1.165, 1.54) is 17.8 Å². The van der Waals surface area contributed by atoms with Crippen LogP contribution in [0.3, 0.4) is 0 Å². The summed E-state index contributed by atoms with van der Waals surface area (Å²) in [5.74, 6) is -0.913. The van der Waals surface area contributed by atoms with E-state index in [0.717, 1.165) is 59.7 Å². The molecule has 50 heavy (non-hydrogen) atoms. The number of likely N-dealkylation sites (N-methyl/N-ethyl adjacent to an activating group) is 1. The molecule has 3 aromatic rings. The number of amides is 4. The first-order valence-electron chi connectivity index (χ1n) is 18.0. The third-order valence-corrected chi connectivity index (χ3v) is 12.1. The molecule has 0 unspecified atom stereocenters. The molecule has 0 spiro atoms. The van der Waals surface area contributed by atoms with Crippen LogP contribution in [0.15, 0.2) is 54.6 Å². The van der Waals surface area contributed by atoms with Crippen molar-refractivity contribution in [1.82, 2.24) is 26.2 Å². The Hall–Kier alpha value is -3.47. The Morgan fingerprint density at radius 1 is 0.900 bits per heavy atom. The molecule has 11 heteroatoms. The monoisotopic (exact) mass is 721 g/mol. The number of carbonyl (C=O) groups excluding carboxylic acids is 4. The van der Waals surface area contributed by atoms with Crippen LogP contribution in [0.5, 0.6) is 0 Å². The molecule has 1 heterocycles. The van der Waals surface area contributed by atoms with Crippen molar-refractivity contribution in [2.75, 3.05) is 14.1 Å². The second-order valence-electron chi connectivity index (χ2n) is 14.8. The molecule has 0 bridgehead atoms. The van der Waals surface area contributed by atoms with E-state index >= 15 is 0 Å². The van der Waals surface area contributed by atoms with E-state index in [0.29, 0.717) is 43.0 Å². The molecule has 5 atom stereocenters. The maximum absolute atomic E-state index is 14.1. The van der Waals surface area contributed by atoms with Crippen LogP contribution < -0.4 is 21.3 Å². The minimum Gasteiger partial charge on any atom is -0.352 e. The molecule has 2 aromatic carbocycles. The molecule has 3 saturated carbocycles. The Labute approximate surface area is 306 Å². The number of rotatable bonds is 11. The van der Waals surface area contributed by atoms with Gasteiger partial charge in [-0.15, -0.1) is 23.7 Å².